The van der Waals surface area contributed by atoms with Gasteiger partial charge in [-0.1, -0.05) is 18.2 Å². The zero-order valence-corrected chi connectivity index (χ0v) is 17.9. The molecule has 1 fully saturated rings. The number of hydrogen-bond acceptors (Lipinski definition) is 6. The van der Waals surface area contributed by atoms with Gasteiger partial charge in [0.15, 0.2) is 0 Å². The smallest absolute Gasteiger partial charge is 0.354 e. The molecule has 0 saturated carbocycles. The lowest BCUT2D eigenvalue weighted by molar-refractivity contribution is -0.124. The van der Waals surface area contributed by atoms with Crippen molar-refractivity contribution in [1.82, 2.24) is 14.2 Å². The number of sulfonamides is 1. The van der Waals surface area contributed by atoms with Crippen LogP contribution >= 0.6 is 0 Å². The Balaban J connectivity index is 1.77. The highest BCUT2D eigenvalue weighted by atomic mass is 32.2. The third-order valence-corrected chi connectivity index (χ3v) is 7.01. The molecule has 1 atom stereocenters. The van der Waals surface area contributed by atoms with Crippen LogP contribution in [0.3, 0.4) is 0 Å². The summed E-state index contributed by atoms with van der Waals surface area (Å²) >= 11 is 0. The summed E-state index contributed by atoms with van der Waals surface area (Å²) in [6, 6.07) is 7.75. The molecule has 1 aliphatic rings. The number of amides is 1. The van der Waals surface area contributed by atoms with E-state index in [1.807, 2.05) is 18.2 Å². The fourth-order valence-corrected chi connectivity index (χ4v) is 5.29. The summed E-state index contributed by atoms with van der Waals surface area (Å²) in [5.74, 6) is -0.356. The minimum Gasteiger partial charge on any atom is -0.496 e. The second-order valence-corrected chi connectivity index (χ2v) is 8.86. The number of ether oxygens (including phenoxy) is 2. The second-order valence-electron chi connectivity index (χ2n) is 6.97. The Bertz CT molecular complexity index is 1050. The molecule has 1 aromatic heterocycles. The number of carbonyl (C=O) groups excluding carboxylic acids is 2. The van der Waals surface area contributed by atoms with Crippen LogP contribution in [-0.2, 0) is 33.1 Å². The average molecular weight is 436 g/mol. The minimum absolute atomic E-state index is 0.0465. The van der Waals surface area contributed by atoms with Crippen molar-refractivity contribution in [3.63, 3.8) is 0 Å². The molecule has 1 amide bonds. The fourth-order valence-electron chi connectivity index (χ4n) is 3.56. The first kappa shape index (κ1) is 21.8. The van der Waals surface area contributed by atoms with E-state index in [0.717, 1.165) is 5.56 Å². The summed E-state index contributed by atoms with van der Waals surface area (Å²) in [6.07, 6.45) is 2.35. The Morgan fingerprint density at radius 3 is 2.67 bits per heavy atom. The molecule has 1 aromatic carbocycles. The van der Waals surface area contributed by atoms with Crippen LogP contribution in [0.5, 0.6) is 5.75 Å². The molecule has 1 aliphatic heterocycles. The van der Waals surface area contributed by atoms with Gasteiger partial charge in [-0.2, -0.15) is 4.31 Å². The van der Waals surface area contributed by atoms with Crippen LogP contribution in [0.2, 0.25) is 0 Å². The van der Waals surface area contributed by atoms with Crippen molar-refractivity contribution >= 4 is 21.9 Å². The molecule has 9 nitrogen and oxygen atoms in total. The molecule has 10 heteroatoms. The van der Waals surface area contributed by atoms with E-state index in [1.165, 1.54) is 28.2 Å². The van der Waals surface area contributed by atoms with Crippen LogP contribution in [0.1, 0.15) is 28.9 Å². The topological polar surface area (TPSA) is 107 Å². The second kappa shape index (κ2) is 8.88. The predicted octanol–water partition coefficient (Wildman–Crippen LogP) is 1.29. The standard InChI is InChI=1S/C20H25N3O6S/c1-22-13-15(11-17(22)20(25)29-3)30(26,27)23-10-6-8-16(23)19(24)21-12-14-7-4-5-9-18(14)28-2/h4-5,7,9,11,13,16H,6,8,10,12H2,1-3H3,(H,21,24)/t16-/m1/s1. The number of nitrogens with zero attached hydrogens (tertiary/aromatic N) is 2. The molecule has 2 heterocycles. The van der Waals surface area contributed by atoms with Gasteiger partial charge in [0, 0.05) is 31.9 Å². The summed E-state index contributed by atoms with van der Waals surface area (Å²) in [5, 5.41) is 2.81. The maximum absolute atomic E-state index is 13.2. The van der Waals surface area contributed by atoms with E-state index < -0.39 is 22.0 Å². The van der Waals surface area contributed by atoms with Crippen molar-refractivity contribution in [1.29, 1.82) is 0 Å². The van der Waals surface area contributed by atoms with Gasteiger partial charge in [0.25, 0.3) is 0 Å². The summed E-state index contributed by atoms with van der Waals surface area (Å²) < 4.78 is 38.9. The van der Waals surface area contributed by atoms with Crippen LogP contribution < -0.4 is 10.1 Å². The summed E-state index contributed by atoms with van der Waals surface area (Å²) in [4.78, 5) is 24.6. The quantitative estimate of drug-likeness (QED) is 0.657. The number of methoxy groups -OCH3 is 2. The lowest BCUT2D eigenvalue weighted by atomic mass is 10.2. The highest BCUT2D eigenvalue weighted by Gasteiger charge is 2.40. The van der Waals surface area contributed by atoms with E-state index in [1.54, 1.807) is 20.2 Å². The molecule has 0 aliphatic carbocycles. The van der Waals surface area contributed by atoms with Crippen LogP contribution in [0.15, 0.2) is 41.4 Å². The Morgan fingerprint density at radius 2 is 1.97 bits per heavy atom. The molecular weight excluding hydrogens is 410 g/mol. The number of para-hydroxylation sites is 1. The van der Waals surface area contributed by atoms with Crippen molar-refractivity contribution in [3.8, 4) is 5.75 Å². The molecule has 2 aromatic rings. The highest BCUT2D eigenvalue weighted by molar-refractivity contribution is 7.89. The molecule has 1 N–H and O–H groups in total. The van der Waals surface area contributed by atoms with E-state index in [2.05, 4.69) is 10.1 Å². The Morgan fingerprint density at radius 1 is 1.23 bits per heavy atom. The lowest BCUT2D eigenvalue weighted by Crippen LogP contribution is -2.45. The van der Waals surface area contributed by atoms with Crippen molar-refractivity contribution in [2.45, 2.75) is 30.3 Å². The SMILES string of the molecule is COC(=O)c1cc(S(=O)(=O)N2CCC[C@@H]2C(=O)NCc2ccccc2OC)cn1C. The Labute approximate surface area is 175 Å². The largest absolute Gasteiger partial charge is 0.496 e. The van der Waals surface area contributed by atoms with Gasteiger partial charge >= 0.3 is 5.97 Å². The predicted molar refractivity (Wildman–Crippen MR) is 109 cm³/mol. The first-order chi connectivity index (χ1) is 14.3. The van der Waals surface area contributed by atoms with Gasteiger partial charge < -0.3 is 19.4 Å². The van der Waals surface area contributed by atoms with E-state index in [4.69, 9.17) is 4.74 Å². The molecule has 162 valence electrons. The molecule has 0 radical (unpaired) electrons. The monoisotopic (exact) mass is 435 g/mol. The third-order valence-electron chi connectivity index (χ3n) is 5.13. The van der Waals surface area contributed by atoms with Gasteiger partial charge in [0.2, 0.25) is 15.9 Å². The van der Waals surface area contributed by atoms with Crippen LogP contribution in [0, 0.1) is 0 Å². The normalized spacial score (nSPS) is 17.0. The summed E-state index contributed by atoms with van der Waals surface area (Å²) in [5.41, 5.74) is 0.916. The van der Waals surface area contributed by atoms with Crippen molar-refractivity contribution < 1.29 is 27.5 Å². The van der Waals surface area contributed by atoms with E-state index >= 15 is 0 Å². The van der Waals surface area contributed by atoms with Gasteiger partial charge in [-0.3, -0.25) is 4.79 Å². The zero-order chi connectivity index (χ0) is 21.9. The lowest BCUT2D eigenvalue weighted by Gasteiger charge is -2.23. The molecule has 0 bridgehead atoms. The molecule has 0 spiro atoms. The Kier molecular flexibility index (Phi) is 6.47. The van der Waals surface area contributed by atoms with Gasteiger partial charge in [0.1, 0.15) is 22.4 Å². The first-order valence-electron chi connectivity index (χ1n) is 9.45. The van der Waals surface area contributed by atoms with Crippen LogP contribution in [0.4, 0.5) is 0 Å². The highest BCUT2D eigenvalue weighted by Crippen LogP contribution is 2.28. The minimum atomic E-state index is -3.95. The van der Waals surface area contributed by atoms with Gasteiger partial charge in [-0.15, -0.1) is 0 Å². The molecule has 0 unspecified atom stereocenters. The van der Waals surface area contributed by atoms with E-state index in [-0.39, 0.29) is 29.6 Å². The average Bonchev–Trinajstić information content (AvgIpc) is 3.39. The number of benzene rings is 1. The number of nitrogens with one attached hydrogen (secondary N) is 1. The van der Waals surface area contributed by atoms with Gasteiger partial charge in [-0.05, 0) is 25.0 Å². The van der Waals surface area contributed by atoms with Crippen molar-refractivity contribution in [2.24, 2.45) is 7.05 Å². The number of esters is 1. The number of rotatable bonds is 7. The maximum atomic E-state index is 13.2. The number of aromatic nitrogens is 1. The van der Waals surface area contributed by atoms with E-state index in [9.17, 15) is 18.0 Å². The third kappa shape index (κ3) is 4.19. The fraction of sp³-hybridized carbons (Fsp3) is 0.400. The number of hydrogen-bond donors (Lipinski definition) is 1. The maximum Gasteiger partial charge on any atom is 0.354 e. The molecule has 3 rings (SSSR count). The molecular formula is C20H25N3O6S. The number of aryl methyl sites for hydroxylation is 1. The van der Waals surface area contributed by atoms with Crippen LogP contribution in [0.25, 0.3) is 0 Å². The molecule has 1 saturated heterocycles. The van der Waals surface area contributed by atoms with Crippen LogP contribution in [-0.4, -0.2) is 56.0 Å². The zero-order valence-electron chi connectivity index (χ0n) is 17.1. The summed E-state index contributed by atoms with van der Waals surface area (Å²) in [7, 11) is 0.388. The van der Waals surface area contributed by atoms with Gasteiger partial charge in [0.05, 0.1) is 14.2 Å². The molecule has 30 heavy (non-hydrogen) atoms. The van der Waals surface area contributed by atoms with E-state index in [0.29, 0.717) is 18.6 Å². The summed E-state index contributed by atoms with van der Waals surface area (Å²) in [6.45, 7) is 0.461. The number of carbonyl (C=O) groups is 2. The van der Waals surface area contributed by atoms with Crippen molar-refractivity contribution in [3.05, 3.63) is 47.8 Å². The van der Waals surface area contributed by atoms with Gasteiger partial charge in [-0.25, -0.2) is 13.2 Å². The Hall–Kier alpha value is -2.85. The van der Waals surface area contributed by atoms with Crippen molar-refractivity contribution in [2.75, 3.05) is 20.8 Å². The first-order valence-corrected chi connectivity index (χ1v) is 10.9.